The predicted molar refractivity (Wildman–Crippen MR) is 64.6 cm³/mol. The van der Waals surface area contributed by atoms with Crippen molar-refractivity contribution in [1.29, 1.82) is 0 Å². The van der Waals surface area contributed by atoms with Gasteiger partial charge in [-0.3, -0.25) is 4.79 Å². The van der Waals surface area contributed by atoms with Crippen molar-refractivity contribution in [2.75, 3.05) is 13.2 Å². The molecular formula is C12H17NO5. The third-order valence-electron chi connectivity index (χ3n) is 2.42. The molecule has 18 heavy (non-hydrogen) atoms. The Morgan fingerprint density at radius 3 is 2.67 bits per heavy atom. The topological polar surface area (TPSA) is 113 Å². The lowest BCUT2D eigenvalue weighted by atomic mass is 10.0. The maximum atomic E-state index is 10.7. The summed E-state index contributed by atoms with van der Waals surface area (Å²) in [6.45, 7) is 1.72. The van der Waals surface area contributed by atoms with Gasteiger partial charge >= 0.3 is 5.97 Å². The molecule has 1 atom stereocenters. The quantitative estimate of drug-likeness (QED) is 0.585. The lowest BCUT2D eigenvalue weighted by Crippen LogP contribution is -2.15. The van der Waals surface area contributed by atoms with Crippen molar-refractivity contribution in [2.45, 2.75) is 19.4 Å². The van der Waals surface area contributed by atoms with Gasteiger partial charge in [-0.25, -0.2) is 0 Å². The number of aliphatic carboxylic acids is 1. The normalized spacial score (nSPS) is 12.2. The van der Waals surface area contributed by atoms with E-state index in [1.54, 1.807) is 6.92 Å². The van der Waals surface area contributed by atoms with E-state index < -0.39 is 12.0 Å². The van der Waals surface area contributed by atoms with Crippen LogP contribution in [0.15, 0.2) is 12.1 Å². The van der Waals surface area contributed by atoms with E-state index in [4.69, 9.17) is 20.7 Å². The van der Waals surface area contributed by atoms with Crippen molar-refractivity contribution >= 4 is 5.97 Å². The Balaban J connectivity index is 3.22. The Hall–Kier alpha value is -1.79. The van der Waals surface area contributed by atoms with E-state index >= 15 is 0 Å². The third-order valence-corrected chi connectivity index (χ3v) is 2.42. The van der Waals surface area contributed by atoms with Crippen LogP contribution in [0.3, 0.4) is 0 Å². The van der Waals surface area contributed by atoms with Gasteiger partial charge in [-0.05, 0) is 24.6 Å². The Labute approximate surface area is 105 Å². The summed E-state index contributed by atoms with van der Waals surface area (Å²) in [5, 5.41) is 27.7. The second kappa shape index (κ2) is 6.23. The van der Waals surface area contributed by atoms with Crippen LogP contribution in [0, 0.1) is 0 Å². The number of carbonyl (C=O) groups is 1. The third kappa shape index (κ3) is 3.35. The van der Waals surface area contributed by atoms with Crippen molar-refractivity contribution in [3.05, 3.63) is 23.3 Å². The second-order valence-electron chi connectivity index (χ2n) is 3.82. The van der Waals surface area contributed by atoms with Crippen LogP contribution in [-0.2, 0) is 11.2 Å². The van der Waals surface area contributed by atoms with E-state index in [1.165, 1.54) is 12.1 Å². The summed E-state index contributed by atoms with van der Waals surface area (Å²) in [5.41, 5.74) is 6.39. The fourth-order valence-corrected chi connectivity index (χ4v) is 1.61. The Morgan fingerprint density at radius 1 is 1.50 bits per heavy atom. The van der Waals surface area contributed by atoms with E-state index in [2.05, 4.69) is 0 Å². The average Bonchev–Trinajstić information content (AvgIpc) is 2.31. The first-order chi connectivity index (χ1) is 8.49. The van der Waals surface area contributed by atoms with Crippen LogP contribution in [-0.4, -0.2) is 34.5 Å². The number of phenolic OH excluding ortho intramolecular Hbond substituents is 1. The molecule has 0 aliphatic rings. The highest BCUT2D eigenvalue weighted by Gasteiger charge is 2.17. The molecule has 0 spiro atoms. The number of rotatable bonds is 6. The summed E-state index contributed by atoms with van der Waals surface area (Å²) in [6, 6.07) is 2.14. The summed E-state index contributed by atoms with van der Waals surface area (Å²) in [4.78, 5) is 10.7. The van der Waals surface area contributed by atoms with Gasteiger partial charge in [0, 0.05) is 5.56 Å². The molecule has 0 amide bonds. The molecule has 0 unspecified atom stereocenters. The number of benzene rings is 1. The first kappa shape index (κ1) is 14.3. The molecule has 0 radical (unpaired) electrons. The largest absolute Gasteiger partial charge is 0.504 e. The second-order valence-corrected chi connectivity index (χ2v) is 3.82. The van der Waals surface area contributed by atoms with Crippen LogP contribution < -0.4 is 10.5 Å². The number of nitrogens with two attached hydrogens (primary N) is 1. The SMILES string of the molecule is CCOc1cc(CC(=O)O)cc([C@@H](N)CO)c1O. The molecule has 0 aliphatic carbocycles. The van der Waals surface area contributed by atoms with Gasteiger partial charge in [-0.15, -0.1) is 0 Å². The van der Waals surface area contributed by atoms with Crippen molar-refractivity contribution in [1.82, 2.24) is 0 Å². The molecule has 100 valence electrons. The number of carboxylic acid groups (broad SMARTS) is 1. The van der Waals surface area contributed by atoms with E-state index in [9.17, 15) is 9.90 Å². The zero-order chi connectivity index (χ0) is 13.7. The number of hydrogen-bond donors (Lipinski definition) is 4. The number of phenols is 1. The first-order valence-electron chi connectivity index (χ1n) is 5.56. The summed E-state index contributed by atoms with van der Waals surface area (Å²) < 4.78 is 5.21. The minimum absolute atomic E-state index is 0.160. The Kier molecular flexibility index (Phi) is 4.94. The Morgan fingerprint density at radius 2 is 2.17 bits per heavy atom. The van der Waals surface area contributed by atoms with Crippen molar-refractivity contribution in [3.63, 3.8) is 0 Å². The minimum Gasteiger partial charge on any atom is -0.504 e. The monoisotopic (exact) mass is 255 g/mol. The van der Waals surface area contributed by atoms with E-state index in [1.807, 2.05) is 0 Å². The number of aliphatic hydroxyl groups excluding tert-OH is 1. The molecule has 6 heteroatoms. The number of carboxylic acids is 1. The number of aromatic hydroxyl groups is 1. The molecule has 0 saturated heterocycles. The standard InChI is InChI=1S/C12H17NO5/c1-2-18-10-4-7(5-11(15)16)3-8(12(10)17)9(13)6-14/h3-4,9,14,17H,2,5-6,13H2,1H3,(H,15,16)/t9-/m0/s1. The van der Waals surface area contributed by atoms with E-state index in [0.717, 1.165) is 0 Å². The molecule has 0 heterocycles. The van der Waals surface area contributed by atoms with Gasteiger partial charge in [0.15, 0.2) is 11.5 Å². The smallest absolute Gasteiger partial charge is 0.307 e. The lowest BCUT2D eigenvalue weighted by Gasteiger charge is -2.16. The molecule has 1 rings (SSSR count). The maximum Gasteiger partial charge on any atom is 0.307 e. The van der Waals surface area contributed by atoms with Crippen LogP contribution in [0.5, 0.6) is 11.5 Å². The van der Waals surface area contributed by atoms with Crippen LogP contribution in [0.4, 0.5) is 0 Å². The molecule has 0 saturated carbocycles. The summed E-state index contributed by atoms with van der Waals surface area (Å²) in [7, 11) is 0. The lowest BCUT2D eigenvalue weighted by molar-refractivity contribution is -0.136. The molecule has 1 aromatic rings. The average molecular weight is 255 g/mol. The Bertz CT molecular complexity index is 433. The molecular weight excluding hydrogens is 238 g/mol. The fraction of sp³-hybridized carbons (Fsp3) is 0.417. The zero-order valence-electron chi connectivity index (χ0n) is 10.1. The highest BCUT2D eigenvalue weighted by atomic mass is 16.5. The molecule has 1 aromatic carbocycles. The van der Waals surface area contributed by atoms with Crippen molar-refractivity contribution in [3.8, 4) is 11.5 Å². The summed E-state index contributed by atoms with van der Waals surface area (Å²) >= 11 is 0. The number of aliphatic hydroxyl groups is 1. The van der Waals surface area contributed by atoms with Gasteiger partial charge in [-0.2, -0.15) is 0 Å². The van der Waals surface area contributed by atoms with E-state index in [0.29, 0.717) is 12.2 Å². The van der Waals surface area contributed by atoms with Crippen LogP contribution in [0.2, 0.25) is 0 Å². The highest BCUT2D eigenvalue weighted by Crippen LogP contribution is 2.34. The van der Waals surface area contributed by atoms with Crippen LogP contribution in [0.25, 0.3) is 0 Å². The number of hydrogen-bond acceptors (Lipinski definition) is 5. The zero-order valence-corrected chi connectivity index (χ0v) is 10.1. The van der Waals surface area contributed by atoms with Gasteiger partial charge in [0.25, 0.3) is 0 Å². The molecule has 0 aliphatic heterocycles. The molecule has 0 aromatic heterocycles. The maximum absolute atomic E-state index is 10.7. The molecule has 6 nitrogen and oxygen atoms in total. The number of ether oxygens (including phenoxy) is 1. The van der Waals surface area contributed by atoms with Gasteiger partial charge in [-0.1, -0.05) is 0 Å². The molecule has 5 N–H and O–H groups in total. The first-order valence-corrected chi connectivity index (χ1v) is 5.56. The van der Waals surface area contributed by atoms with Crippen molar-refractivity contribution in [2.24, 2.45) is 5.73 Å². The fourth-order valence-electron chi connectivity index (χ4n) is 1.61. The predicted octanol–water partition coefficient (Wildman–Crippen LogP) is 0.410. The van der Waals surface area contributed by atoms with Gasteiger partial charge < -0.3 is 25.8 Å². The van der Waals surface area contributed by atoms with E-state index in [-0.39, 0.29) is 30.1 Å². The van der Waals surface area contributed by atoms with Gasteiger partial charge in [0.1, 0.15) is 0 Å². The summed E-state index contributed by atoms with van der Waals surface area (Å²) in [5.74, 6) is -0.977. The molecule has 0 fully saturated rings. The minimum atomic E-state index is -0.994. The van der Waals surface area contributed by atoms with Gasteiger partial charge in [0.05, 0.1) is 25.7 Å². The van der Waals surface area contributed by atoms with Crippen molar-refractivity contribution < 1.29 is 24.9 Å². The summed E-state index contributed by atoms with van der Waals surface area (Å²) in [6.07, 6.45) is -0.203. The van der Waals surface area contributed by atoms with Crippen LogP contribution >= 0.6 is 0 Å². The molecule has 0 bridgehead atoms. The van der Waals surface area contributed by atoms with Crippen LogP contribution in [0.1, 0.15) is 24.1 Å². The highest BCUT2D eigenvalue weighted by molar-refractivity contribution is 5.71. The van der Waals surface area contributed by atoms with Gasteiger partial charge in [0.2, 0.25) is 0 Å².